The van der Waals surface area contributed by atoms with Crippen molar-refractivity contribution >= 4 is 33.7 Å². The lowest BCUT2D eigenvalue weighted by Gasteiger charge is -2.04. The molecule has 0 spiro atoms. The smallest absolute Gasteiger partial charge is 0.264 e. The molecule has 9 heteroatoms. The summed E-state index contributed by atoms with van der Waals surface area (Å²) in [5, 5.41) is 8.53. The lowest BCUT2D eigenvalue weighted by atomic mass is 10.3. The first kappa shape index (κ1) is 14.8. The van der Waals surface area contributed by atoms with E-state index in [1.54, 1.807) is 18.2 Å². The van der Waals surface area contributed by atoms with Gasteiger partial charge in [0.25, 0.3) is 11.5 Å². The summed E-state index contributed by atoms with van der Waals surface area (Å²) in [5.41, 5.74) is 2.09. The lowest BCUT2D eigenvalue weighted by molar-refractivity contribution is 0.0957. The van der Waals surface area contributed by atoms with E-state index in [0.29, 0.717) is 34.2 Å². The van der Waals surface area contributed by atoms with E-state index in [-0.39, 0.29) is 11.5 Å². The third-order valence-electron chi connectivity index (χ3n) is 3.13. The van der Waals surface area contributed by atoms with Crippen molar-refractivity contribution in [3.63, 3.8) is 0 Å². The van der Waals surface area contributed by atoms with E-state index in [1.807, 2.05) is 5.38 Å². The summed E-state index contributed by atoms with van der Waals surface area (Å²) >= 11 is 2.50. The molecule has 0 fully saturated rings. The second-order valence-electron chi connectivity index (χ2n) is 4.77. The van der Waals surface area contributed by atoms with Crippen LogP contribution in [0.25, 0.3) is 4.96 Å². The highest BCUT2D eigenvalue weighted by molar-refractivity contribution is 7.15. The van der Waals surface area contributed by atoms with Gasteiger partial charge in [-0.1, -0.05) is 4.49 Å². The van der Waals surface area contributed by atoms with Crippen molar-refractivity contribution in [3.05, 3.63) is 43.8 Å². The van der Waals surface area contributed by atoms with E-state index in [2.05, 4.69) is 19.9 Å². The average Bonchev–Trinajstić information content (AvgIpc) is 3.05. The van der Waals surface area contributed by atoms with Gasteiger partial charge in [-0.2, -0.15) is 0 Å². The quantitative estimate of drug-likeness (QED) is 0.774. The summed E-state index contributed by atoms with van der Waals surface area (Å²) in [6.45, 7) is 3.98. The summed E-state index contributed by atoms with van der Waals surface area (Å²) < 4.78 is 5.33. The minimum Gasteiger partial charge on any atom is -0.351 e. The second-order valence-corrected chi connectivity index (χ2v) is 6.36. The summed E-state index contributed by atoms with van der Waals surface area (Å²) in [7, 11) is 0. The topological polar surface area (TPSA) is 89.2 Å². The Morgan fingerprint density at radius 1 is 1.41 bits per heavy atom. The fourth-order valence-electron chi connectivity index (χ4n) is 2.08. The molecule has 0 atom stereocenters. The van der Waals surface area contributed by atoms with E-state index in [1.165, 1.54) is 17.4 Å². The van der Waals surface area contributed by atoms with Gasteiger partial charge in [0.05, 0.1) is 5.69 Å². The van der Waals surface area contributed by atoms with E-state index < -0.39 is 0 Å². The number of hydrogen-bond acceptors (Lipinski definition) is 7. The van der Waals surface area contributed by atoms with Crippen LogP contribution in [0.15, 0.2) is 16.2 Å². The van der Waals surface area contributed by atoms with Crippen LogP contribution in [0, 0.1) is 13.8 Å². The van der Waals surface area contributed by atoms with Crippen molar-refractivity contribution in [2.24, 2.45) is 0 Å². The van der Waals surface area contributed by atoms with Crippen molar-refractivity contribution in [2.75, 3.05) is 6.54 Å². The second kappa shape index (κ2) is 5.93. The molecule has 0 unspecified atom stereocenters. The minimum atomic E-state index is -0.187. The Morgan fingerprint density at radius 2 is 2.23 bits per heavy atom. The summed E-state index contributed by atoms with van der Waals surface area (Å²) in [5.74, 6) is -0.187. The molecule has 3 heterocycles. The molecule has 0 radical (unpaired) electrons. The molecule has 0 saturated carbocycles. The number of amides is 1. The molecule has 3 rings (SSSR count). The Morgan fingerprint density at radius 3 is 2.95 bits per heavy atom. The van der Waals surface area contributed by atoms with E-state index >= 15 is 0 Å². The molecule has 0 aliphatic rings. The number of fused-ring (bicyclic) bond motifs is 1. The number of thiazole rings is 1. The Hall–Kier alpha value is -2.13. The molecule has 0 aliphatic heterocycles. The highest BCUT2D eigenvalue weighted by atomic mass is 32.1. The van der Waals surface area contributed by atoms with Crippen LogP contribution in [0.4, 0.5) is 0 Å². The fourth-order valence-corrected chi connectivity index (χ4v) is 3.63. The van der Waals surface area contributed by atoms with E-state index in [4.69, 9.17) is 0 Å². The van der Waals surface area contributed by atoms with Gasteiger partial charge in [0, 0.05) is 35.8 Å². The first-order chi connectivity index (χ1) is 10.6. The van der Waals surface area contributed by atoms with Gasteiger partial charge in [0.15, 0.2) is 4.96 Å². The summed E-state index contributed by atoms with van der Waals surface area (Å²) in [4.78, 5) is 29.5. The molecule has 1 amide bonds. The maximum atomic E-state index is 12.0. The van der Waals surface area contributed by atoms with Crippen LogP contribution >= 0.6 is 22.9 Å². The fraction of sp³-hybridized carbons (Fsp3) is 0.308. The molecule has 0 aromatic carbocycles. The molecule has 114 valence electrons. The predicted molar refractivity (Wildman–Crippen MR) is 84.8 cm³/mol. The van der Waals surface area contributed by atoms with Crippen molar-refractivity contribution in [1.29, 1.82) is 0 Å². The van der Waals surface area contributed by atoms with Gasteiger partial charge in [0.2, 0.25) is 0 Å². The zero-order chi connectivity index (χ0) is 15.7. The third kappa shape index (κ3) is 2.77. The van der Waals surface area contributed by atoms with Gasteiger partial charge in [-0.3, -0.25) is 14.0 Å². The number of nitrogens with one attached hydrogen (secondary N) is 1. The Labute approximate surface area is 133 Å². The number of hydrogen-bond donors (Lipinski definition) is 1. The number of aryl methyl sites for hydroxylation is 2. The molecular weight excluding hydrogens is 322 g/mol. The molecule has 0 saturated heterocycles. The van der Waals surface area contributed by atoms with Gasteiger partial charge < -0.3 is 5.32 Å². The largest absolute Gasteiger partial charge is 0.351 e. The summed E-state index contributed by atoms with van der Waals surface area (Å²) in [6.07, 6.45) is 0.557. The molecule has 7 nitrogen and oxygen atoms in total. The first-order valence-electron chi connectivity index (χ1n) is 6.60. The standard InChI is InChI=1S/C13H13N5O2S2/c1-7-5-10(19)18-9(6-21-13(18)15-7)3-4-14-12(20)11-8(2)16-17-22-11/h5-6H,3-4H2,1-2H3,(H,14,20). The van der Waals surface area contributed by atoms with Gasteiger partial charge in [-0.15, -0.1) is 16.4 Å². The van der Waals surface area contributed by atoms with Crippen molar-refractivity contribution in [2.45, 2.75) is 20.3 Å². The van der Waals surface area contributed by atoms with Crippen LogP contribution in [0.3, 0.4) is 0 Å². The molecule has 3 aromatic heterocycles. The van der Waals surface area contributed by atoms with Crippen LogP contribution in [-0.2, 0) is 6.42 Å². The maximum absolute atomic E-state index is 12.0. The van der Waals surface area contributed by atoms with Gasteiger partial charge in [-0.25, -0.2) is 4.98 Å². The maximum Gasteiger partial charge on any atom is 0.264 e. The van der Waals surface area contributed by atoms with Crippen LogP contribution < -0.4 is 10.9 Å². The number of rotatable bonds is 4. The number of aromatic nitrogens is 4. The minimum absolute atomic E-state index is 0.0902. The molecule has 0 bridgehead atoms. The van der Waals surface area contributed by atoms with E-state index in [9.17, 15) is 9.59 Å². The molecule has 1 N–H and O–H groups in total. The predicted octanol–water partition coefficient (Wildman–Crippen LogP) is 1.20. The number of nitrogens with zero attached hydrogens (tertiary/aromatic N) is 4. The SMILES string of the molecule is Cc1cc(=O)n2c(CCNC(=O)c3snnc3C)csc2n1. The lowest BCUT2D eigenvalue weighted by Crippen LogP contribution is -2.26. The highest BCUT2D eigenvalue weighted by Crippen LogP contribution is 2.13. The van der Waals surface area contributed by atoms with Crippen molar-refractivity contribution < 1.29 is 4.79 Å². The van der Waals surface area contributed by atoms with Gasteiger partial charge in [-0.05, 0) is 25.4 Å². The van der Waals surface area contributed by atoms with Crippen LogP contribution in [0.5, 0.6) is 0 Å². The van der Waals surface area contributed by atoms with Crippen molar-refractivity contribution in [1.82, 2.24) is 24.3 Å². The normalized spacial score (nSPS) is 11.0. The third-order valence-corrected chi connectivity index (χ3v) is 4.83. The zero-order valence-electron chi connectivity index (χ0n) is 12.0. The van der Waals surface area contributed by atoms with Crippen LogP contribution in [-0.4, -0.2) is 31.4 Å². The van der Waals surface area contributed by atoms with E-state index in [0.717, 1.165) is 17.2 Å². The van der Waals surface area contributed by atoms with Crippen LogP contribution in [0.1, 0.15) is 26.8 Å². The molecule has 3 aromatic rings. The highest BCUT2D eigenvalue weighted by Gasteiger charge is 2.13. The first-order valence-corrected chi connectivity index (χ1v) is 8.25. The molecule has 0 aliphatic carbocycles. The zero-order valence-corrected chi connectivity index (χ0v) is 13.6. The Bertz CT molecular complexity index is 895. The Kier molecular flexibility index (Phi) is 3.99. The number of carbonyl (C=O) groups excluding carboxylic acids is 1. The number of carbonyl (C=O) groups is 1. The molecule has 22 heavy (non-hydrogen) atoms. The monoisotopic (exact) mass is 335 g/mol. The van der Waals surface area contributed by atoms with Gasteiger partial charge in [0.1, 0.15) is 4.88 Å². The van der Waals surface area contributed by atoms with Gasteiger partial charge >= 0.3 is 0 Å². The Balaban J connectivity index is 1.71. The average molecular weight is 335 g/mol. The van der Waals surface area contributed by atoms with Crippen molar-refractivity contribution in [3.8, 4) is 0 Å². The van der Waals surface area contributed by atoms with Crippen LogP contribution in [0.2, 0.25) is 0 Å². The summed E-state index contributed by atoms with van der Waals surface area (Å²) in [6, 6.07) is 1.51. The molecular formula is C13H13N5O2S2.